The van der Waals surface area contributed by atoms with E-state index in [1.807, 2.05) is 24.3 Å². The van der Waals surface area contributed by atoms with Gasteiger partial charge in [-0.1, -0.05) is 22.0 Å². The van der Waals surface area contributed by atoms with Crippen LogP contribution in [-0.4, -0.2) is 17.2 Å². The van der Waals surface area contributed by atoms with Gasteiger partial charge in [-0.3, -0.25) is 0 Å². The Labute approximate surface area is 128 Å². The summed E-state index contributed by atoms with van der Waals surface area (Å²) < 4.78 is 6.93. The Morgan fingerprint density at radius 3 is 2.63 bits per heavy atom. The van der Waals surface area contributed by atoms with Crippen molar-refractivity contribution in [1.82, 2.24) is 4.98 Å². The first-order valence-electron chi connectivity index (χ1n) is 5.77. The number of benzene rings is 1. The van der Waals surface area contributed by atoms with Crippen molar-refractivity contribution in [3.05, 3.63) is 50.5 Å². The van der Waals surface area contributed by atoms with Gasteiger partial charge >= 0.3 is 0 Å². The number of hydrogen-bond acceptors (Lipinski definition) is 3. The molecule has 1 aromatic heterocycles. The fourth-order valence-corrected chi connectivity index (χ4v) is 2.52. The number of nitrogens with zero attached hydrogens (tertiary/aromatic N) is 1. The van der Waals surface area contributed by atoms with Gasteiger partial charge in [0.25, 0.3) is 0 Å². The third-order valence-corrected chi connectivity index (χ3v) is 4.00. The molecule has 0 aliphatic heterocycles. The van der Waals surface area contributed by atoms with Gasteiger partial charge in [0.15, 0.2) is 0 Å². The van der Waals surface area contributed by atoms with Crippen LogP contribution in [0.1, 0.15) is 11.3 Å². The monoisotopic (exact) mass is 385 g/mol. The zero-order valence-electron chi connectivity index (χ0n) is 10.4. The normalized spacial score (nSPS) is 10.5. The molecule has 19 heavy (non-hydrogen) atoms. The highest BCUT2D eigenvalue weighted by molar-refractivity contribution is 9.10. The summed E-state index contributed by atoms with van der Waals surface area (Å²) in [6.07, 6.45) is 1.45. The second kappa shape index (κ2) is 6.39. The van der Waals surface area contributed by atoms with Crippen molar-refractivity contribution < 1.29 is 9.84 Å². The van der Waals surface area contributed by atoms with Crippen LogP contribution in [-0.2, 0) is 12.8 Å². The Bertz CT molecular complexity index is 588. The summed E-state index contributed by atoms with van der Waals surface area (Å²) in [4.78, 5) is 4.39. The van der Waals surface area contributed by atoms with E-state index in [0.29, 0.717) is 11.6 Å². The highest BCUT2D eigenvalue weighted by atomic mass is 79.9. The van der Waals surface area contributed by atoms with Gasteiger partial charge in [0.1, 0.15) is 5.75 Å². The van der Waals surface area contributed by atoms with E-state index in [4.69, 9.17) is 4.74 Å². The summed E-state index contributed by atoms with van der Waals surface area (Å²) in [7, 11) is 1.60. The summed E-state index contributed by atoms with van der Waals surface area (Å²) in [6, 6.07) is 9.26. The standard InChI is InChI=1S/C14H13Br2NO2/c1-19-14-7-5-11(16)12(17-14)6-3-9-2-4-10(15)8-13(9)18/h2,4-5,7-8,18H,3,6H2,1H3. The molecule has 1 N–H and O–H groups in total. The minimum absolute atomic E-state index is 0.299. The predicted molar refractivity (Wildman–Crippen MR) is 81.7 cm³/mol. The summed E-state index contributed by atoms with van der Waals surface area (Å²) in [6.45, 7) is 0. The first-order valence-corrected chi connectivity index (χ1v) is 7.35. The molecule has 0 amide bonds. The lowest BCUT2D eigenvalue weighted by Gasteiger charge is -2.08. The van der Waals surface area contributed by atoms with Gasteiger partial charge < -0.3 is 9.84 Å². The fraction of sp³-hybridized carbons (Fsp3) is 0.214. The lowest BCUT2D eigenvalue weighted by Crippen LogP contribution is -1.98. The van der Waals surface area contributed by atoms with Gasteiger partial charge in [0, 0.05) is 15.0 Å². The van der Waals surface area contributed by atoms with Gasteiger partial charge in [-0.05, 0) is 52.5 Å². The second-order valence-electron chi connectivity index (χ2n) is 4.06. The lowest BCUT2D eigenvalue weighted by atomic mass is 10.1. The molecule has 0 saturated heterocycles. The average molecular weight is 387 g/mol. The smallest absolute Gasteiger partial charge is 0.213 e. The quantitative estimate of drug-likeness (QED) is 0.859. The van der Waals surface area contributed by atoms with Crippen LogP contribution in [0, 0.1) is 0 Å². The number of ether oxygens (including phenoxy) is 1. The van der Waals surface area contributed by atoms with Crippen LogP contribution < -0.4 is 4.74 Å². The molecule has 0 unspecified atom stereocenters. The molecule has 0 radical (unpaired) electrons. The van der Waals surface area contributed by atoms with Gasteiger partial charge in [-0.2, -0.15) is 0 Å². The van der Waals surface area contributed by atoms with Crippen molar-refractivity contribution in [3.63, 3.8) is 0 Å². The Morgan fingerprint density at radius 2 is 1.95 bits per heavy atom. The molecule has 2 rings (SSSR count). The number of halogens is 2. The molecule has 3 nitrogen and oxygen atoms in total. The summed E-state index contributed by atoms with van der Waals surface area (Å²) in [5, 5.41) is 9.85. The number of pyridine rings is 1. The van der Waals surface area contributed by atoms with Gasteiger partial charge in [0.05, 0.1) is 12.8 Å². The van der Waals surface area contributed by atoms with Crippen molar-refractivity contribution >= 4 is 31.9 Å². The molecule has 0 aliphatic rings. The summed E-state index contributed by atoms with van der Waals surface area (Å²) in [5.74, 6) is 0.895. The van der Waals surface area contributed by atoms with E-state index in [0.717, 1.165) is 33.0 Å². The topological polar surface area (TPSA) is 42.4 Å². The number of aromatic nitrogens is 1. The maximum absolute atomic E-state index is 9.85. The Kier molecular flexibility index (Phi) is 4.82. The molecule has 0 aliphatic carbocycles. The van der Waals surface area contributed by atoms with Gasteiger partial charge in [-0.25, -0.2) is 4.98 Å². The third-order valence-electron chi connectivity index (χ3n) is 2.78. The van der Waals surface area contributed by atoms with Crippen LogP contribution in [0.25, 0.3) is 0 Å². The highest BCUT2D eigenvalue weighted by Crippen LogP contribution is 2.25. The van der Waals surface area contributed by atoms with Crippen molar-refractivity contribution in [2.75, 3.05) is 7.11 Å². The zero-order chi connectivity index (χ0) is 13.8. The van der Waals surface area contributed by atoms with E-state index < -0.39 is 0 Å². The number of aromatic hydroxyl groups is 1. The van der Waals surface area contributed by atoms with E-state index >= 15 is 0 Å². The highest BCUT2D eigenvalue weighted by Gasteiger charge is 2.07. The first kappa shape index (κ1) is 14.3. The molecule has 1 aromatic carbocycles. The summed E-state index contributed by atoms with van der Waals surface area (Å²) >= 11 is 6.80. The van der Waals surface area contributed by atoms with Crippen molar-refractivity contribution in [2.24, 2.45) is 0 Å². The molecule has 0 saturated carbocycles. The van der Waals surface area contributed by atoms with Crippen LogP contribution in [0.5, 0.6) is 11.6 Å². The molecular formula is C14H13Br2NO2. The maximum Gasteiger partial charge on any atom is 0.213 e. The maximum atomic E-state index is 9.85. The molecule has 0 bridgehead atoms. The third kappa shape index (κ3) is 3.70. The molecule has 1 heterocycles. The molecule has 2 aromatic rings. The minimum atomic E-state index is 0.299. The Morgan fingerprint density at radius 1 is 1.16 bits per heavy atom. The van der Waals surface area contributed by atoms with E-state index in [9.17, 15) is 5.11 Å². The van der Waals surface area contributed by atoms with Crippen LogP contribution in [0.3, 0.4) is 0 Å². The van der Waals surface area contributed by atoms with Crippen LogP contribution in [0.15, 0.2) is 39.3 Å². The van der Waals surface area contributed by atoms with Crippen molar-refractivity contribution in [3.8, 4) is 11.6 Å². The van der Waals surface area contributed by atoms with Crippen molar-refractivity contribution in [2.45, 2.75) is 12.8 Å². The average Bonchev–Trinajstić information content (AvgIpc) is 2.39. The molecular weight excluding hydrogens is 374 g/mol. The molecule has 100 valence electrons. The van der Waals surface area contributed by atoms with Crippen LogP contribution in [0.4, 0.5) is 0 Å². The lowest BCUT2D eigenvalue weighted by molar-refractivity contribution is 0.396. The first-order chi connectivity index (χ1) is 9.10. The number of rotatable bonds is 4. The molecule has 0 atom stereocenters. The predicted octanol–water partition coefficient (Wildman–Crippen LogP) is 4.11. The number of phenolic OH excluding ortho intramolecular Hbond substituents is 1. The molecule has 0 fully saturated rings. The van der Waals surface area contributed by atoms with E-state index in [1.165, 1.54) is 0 Å². The fourth-order valence-electron chi connectivity index (χ4n) is 1.75. The number of phenols is 1. The number of hydrogen-bond donors (Lipinski definition) is 1. The van der Waals surface area contributed by atoms with Crippen molar-refractivity contribution in [1.29, 1.82) is 0 Å². The number of aryl methyl sites for hydroxylation is 2. The van der Waals surface area contributed by atoms with Gasteiger partial charge in [-0.15, -0.1) is 0 Å². The largest absolute Gasteiger partial charge is 0.508 e. The Hall–Kier alpha value is -1.07. The van der Waals surface area contributed by atoms with Gasteiger partial charge in [0.2, 0.25) is 5.88 Å². The van der Waals surface area contributed by atoms with E-state index in [1.54, 1.807) is 13.2 Å². The van der Waals surface area contributed by atoms with Crippen LogP contribution in [0.2, 0.25) is 0 Å². The Balaban J connectivity index is 2.14. The minimum Gasteiger partial charge on any atom is -0.508 e. The second-order valence-corrected chi connectivity index (χ2v) is 5.83. The number of methoxy groups -OCH3 is 1. The van der Waals surface area contributed by atoms with E-state index in [2.05, 4.69) is 36.8 Å². The SMILES string of the molecule is COc1ccc(Br)c(CCc2ccc(Br)cc2O)n1. The van der Waals surface area contributed by atoms with Crippen LogP contribution >= 0.6 is 31.9 Å². The molecule has 0 spiro atoms. The zero-order valence-corrected chi connectivity index (χ0v) is 13.5. The van der Waals surface area contributed by atoms with E-state index in [-0.39, 0.29) is 0 Å². The molecule has 5 heteroatoms. The summed E-state index contributed by atoms with van der Waals surface area (Å²) in [5.41, 5.74) is 1.82.